The van der Waals surface area contributed by atoms with Gasteiger partial charge in [-0.2, -0.15) is 26.3 Å². The van der Waals surface area contributed by atoms with Crippen LogP contribution in [0.2, 0.25) is 20.1 Å². The summed E-state index contributed by atoms with van der Waals surface area (Å²) in [6.45, 7) is 0.429. The minimum Gasteiger partial charge on any atom is -0.369 e. The highest BCUT2D eigenvalue weighted by molar-refractivity contribution is 14.1. The zero-order valence-electron chi connectivity index (χ0n) is 38.8. The van der Waals surface area contributed by atoms with Gasteiger partial charge in [0.1, 0.15) is 20.1 Å². The van der Waals surface area contributed by atoms with Gasteiger partial charge in [0.2, 0.25) is 11.8 Å². The Hall–Kier alpha value is -5.09. The summed E-state index contributed by atoms with van der Waals surface area (Å²) in [6, 6.07) is 18.8. The van der Waals surface area contributed by atoms with Gasteiger partial charge < -0.3 is 21.3 Å². The first-order valence-electron chi connectivity index (χ1n) is 21.6. The fraction of sp³-hybridized carbons (Fsp3) is 0.227. The number of aromatic nitrogens is 2. The van der Waals surface area contributed by atoms with E-state index in [-0.39, 0.29) is 103 Å². The summed E-state index contributed by atoms with van der Waals surface area (Å²) in [5.74, 6) is -2.04. The maximum absolute atomic E-state index is 12.7. The lowest BCUT2D eigenvalue weighted by Gasteiger charge is -2.11. The van der Waals surface area contributed by atoms with Crippen molar-refractivity contribution in [1.82, 2.24) is 41.1 Å². The number of rotatable bonds is 22. The van der Waals surface area contributed by atoms with Gasteiger partial charge in [0.15, 0.2) is 0 Å². The van der Waals surface area contributed by atoms with Crippen molar-refractivity contribution in [3.05, 3.63) is 147 Å². The summed E-state index contributed by atoms with van der Waals surface area (Å²) in [5, 5.41) is 10.7. The number of carbonyl (C=O) groups excluding carboxylic acids is 4. The molecule has 0 radical (unpaired) electrons. The summed E-state index contributed by atoms with van der Waals surface area (Å²) in [7, 11) is -8.12. The molecule has 0 unspecified atom stereocenters. The molecule has 0 aliphatic carbocycles. The molecule has 8 N–H and O–H groups in total. The van der Waals surface area contributed by atoms with Crippen molar-refractivity contribution >= 4 is 147 Å². The van der Waals surface area contributed by atoms with E-state index < -0.39 is 61.2 Å². The number of nitrogens with one attached hydrogen (secondary N) is 8. The number of carbonyl (C=O) groups is 4. The first kappa shape index (κ1) is 62.7. The molecule has 4 heterocycles. The molecule has 18 nitrogen and oxygen atoms in total. The third kappa shape index (κ3) is 19.6. The first-order chi connectivity index (χ1) is 36.1. The normalized spacial score (nSPS) is 11.7. The fourth-order valence-corrected chi connectivity index (χ4v) is 11.6. The number of pyridine rings is 2. The topological polar surface area (TPSA) is 259 Å². The van der Waals surface area contributed by atoms with Crippen molar-refractivity contribution in [2.75, 3.05) is 23.7 Å². The molecule has 4 amide bonds. The summed E-state index contributed by atoms with van der Waals surface area (Å²) >= 11 is 27.6. The van der Waals surface area contributed by atoms with Gasteiger partial charge in [-0.25, -0.2) is 26.8 Å². The van der Waals surface area contributed by atoms with Crippen molar-refractivity contribution in [3.8, 4) is 0 Å². The van der Waals surface area contributed by atoms with Gasteiger partial charge in [-0.1, -0.05) is 52.5 Å². The number of sulfonamides is 2. The number of hydrazine groups is 2. The molecule has 2 aromatic carbocycles. The number of alkyl halides is 6. The van der Waals surface area contributed by atoms with E-state index in [4.69, 9.17) is 46.4 Å². The second-order valence-corrected chi connectivity index (χ2v) is 24.4. The summed E-state index contributed by atoms with van der Waals surface area (Å²) in [4.78, 5) is 61.0. The average molecular weight is 1350 g/mol. The predicted octanol–water partition coefficient (Wildman–Crippen LogP) is 9.81. The van der Waals surface area contributed by atoms with E-state index in [2.05, 4.69) is 64.7 Å². The smallest absolute Gasteiger partial charge is 0.369 e. The Morgan fingerprint density at radius 3 is 1.39 bits per heavy atom. The molecule has 414 valence electrons. The Balaban J connectivity index is 0.000000284. The first-order valence-corrected chi connectivity index (χ1v) is 28.8. The molecule has 6 rings (SSSR count). The Morgan fingerprint density at radius 2 is 0.987 bits per heavy atom. The van der Waals surface area contributed by atoms with Crippen LogP contribution in [-0.2, 0) is 55.1 Å². The van der Waals surface area contributed by atoms with Crippen LogP contribution in [0.3, 0.4) is 0 Å². The Kier molecular flexibility index (Phi) is 23.0. The number of benzene rings is 2. The minimum absolute atomic E-state index is 0.0116. The van der Waals surface area contributed by atoms with E-state index in [0.717, 1.165) is 38.4 Å². The number of nitrogens with zero attached hydrogens (tertiary/aromatic N) is 2. The highest BCUT2D eigenvalue weighted by Gasteiger charge is 2.33. The summed E-state index contributed by atoms with van der Waals surface area (Å²) in [5.41, 5.74) is 2.80. The number of anilines is 2. The van der Waals surface area contributed by atoms with Gasteiger partial charge in [0, 0.05) is 57.2 Å². The number of hydrogen-bond donors (Lipinski definition) is 8. The maximum atomic E-state index is 12.7. The van der Waals surface area contributed by atoms with Crippen LogP contribution in [0.25, 0.3) is 0 Å². The van der Waals surface area contributed by atoms with Gasteiger partial charge in [-0.3, -0.25) is 30.0 Å². The molecule has 6 aromatic rings. The van der Waals surface area contributed by atoms with Gasteiger partial charge in [-0.05, 0) is 108 Å². The number of amides is 4. The number of thiophene rings is 2. The zero-order chi connectivity index (χ0) is 56.7. The quantitative estimate of drug-likeness (QED) is 0.0137. The van der Waals surface area contributed by atoms with Crippen LogP contribution < -0.4 is 41.8 Å². The maximum Gasteiger partial charge on any atom is 0.417 e. The van der Waals surface area contributed by atoms with E-state index in [1.165, 1.54) is 30.3 Å². The molecule has 0 aliphatic rings. The van der Waals surface area contributed by atoms with Crippen molar-refractivity contribution < 1.29 is 62.4 Å². The average Bonchev–Trinajstić information content (AvgIpc) is 4.07. The SMILES string of the molecule is O=C(CCCNc1ncc(C(F)(F)F)cc1Cl)NNS(=O)(=O)c1ccc(CNC(=O)c2c(Cl)cccc2Cl)s1.O=C(CCCNc1ncc(C(F)(F)F)cc1Cl)NNS(=O)(=O)c1ccc(CNC(=O)c2ccc(I)cc2)s1. The van der Waals surface area contributed by atoms with E-state index >= 15 is 0 Å². The molecular formula is C44H39Cl4F6IN10O8S4. The highest BCUT2D eigenvalue weighted by Crippen LogP contribution is 2.34. The van der Waals surface area contributed by atoms with Crippen LogP contribution >= 0.6 is 91.7 Å². The van der Waals surface area contributed by atoms with Gasteiger partial charge >= 0.3 is 12.4 Å². The monoisotopic (exact) mass is 1340 g/mol. The molecule has 77 heavy (non-hydrogen) atoms. The fourth-order valence-electron chi connectivity index (χ4n) is 5.87. The van der Waals surface area contributed by atoms with Crippen LogP contribution in [-0.4, -0.2) is 63.5 Å². The third-order valence-corrected chi connectivity index (χ3v) is 17.3. The second kappa shape index (κ2) is 28.2. The Morgan fingerprint density at radius 1 is 0.571 bits per heavy atom. The van der Waals surface area contributed by atoms with E-state index in [0.29, 0.717) is 27.7 Å². The van der Waals surface area contributed by atoms with Crippen molar-refractivity contribution in [3.63, 3.8) is 0 Å². The van der Waals surface area contributed by atoms with Crippen molar-refractivity contribution in [2.24, 2.45) is 0 Å². The molecule has 0 bridgehead atoms. The molecule has 4 aromatic heterocycles. The number of halogens is 11. The minimum atomic E-state index is -4.58. The van der Waals surface area contributed by atoms with Crippen LogP contribution in [0.4, 0.5) is 38.0 Å². The molecule has 33 heteroatoms. The number of hydrogen-bond acceptors (Lipinski definition) is 14. The molecule has 0 spiro atoms. The molecule has 0 atom stereocenters. The third-order valence-electron chi connectivity index (χ3n) is 9.68. The van der Waals surface area contributed by atoms with Crippen molar-refractivity contribution in [1.29, 1.82) is 0 Å². The lowest BCUT2D eigenvalue weighted by Crippen LogP contribution is -2.41. The van der Waals surface area contributed by atoms with Crippen LogP contribution in [0.1, 0.15) is 67.3 Å². The summed E-state index contributed by atoms with van der Waals surface area (Å²) in [6.07, 6.45) is -7.65. The lowest BCUT2D eigenvalue weighted by molar-refractivity contribution is -0.138. The lowest BCUT2D eigenvalue weighted by atomic mass is 10.2. The highest BCUT2D eigenvalue weighted by atomic mass is 127. The van der Waals surface area contributed by atoms with Crippen LogP contribution in [0, 0.1) is 3.57 Å². The van der Waals surface area contributed by atoms with E-state index in [1.807, 2.05) is 9.66 Å². The summed E-state index contributed by atoms with van der Waals surface area (Å²) < 4.78 is 127. The zero-order valence-corrected chi connectivity index (χ0v) is 47.2. The standard InChI is InChI=1S/C22H19Cl3F3N5O4S2.C22H20ClF3IN5O4S2/c23-14-3-1-4-15(24)19(14)21(35)31-11-13-6-7-18(38-13)39(36,37)33-32-17(34)5-2-8-29-20-16(25)9-12(10-30-20)22(26,27)28;23-17-10-14(22(24,25)26)11-29-20(17)28-9-1-2-18(33)31-32-38(35,36)19-8-7-16(37-19)12-30-21(34)13-3-5-15(27)6-4-13/h1,3-4,6-7,9-10,33H,2,5,8,11H2,(H,29,30)(H,31,35)(H,32,34);3-8,10-11,32H,1-2,9,12H2,(H,28,29)(H,30,34)(H,31,33). The Labute approximate surface area is 477 Å². The largest absolute Gasteiger partial charge is 0.417 e. The molecule has 0 saturated carbocycles. The molecule has 0 aliphatic heterocycles. The van der Waals surface area contributed by atoms with E-state index in [1.54, 1.807) is 36.4 Å². The second-order valence-electron chi connectivity index (χ2n) is 15.4. The van der Waals surface area contributed by atoms with Gasteiger partial charge in [-0.15, -0.1) is 32.3 Å². The van der Waals surface area contributed by atoms with Gasteiger partial charge in [0.25, 0.3) is 31.9 Å². The van der Waals surface area contributed by atoms with Crippen molar-refractivity contribution in [2.45, 2.75) is 59.5 Å². The molecule has 0 fully saturated rings. The Bertz CT molecular complexity index is 3290. The van der Waals surface area contributed by atoms with E-state index in [9.17, 15) is 62.4 Å². The van der Waals surface area contributed by atoms with Crippen LogP contribution in [0.15, 0.2) is 99.7 Å². The van der Waals surface area contributed by atoms with Crippen LogP contribution in [0.5, 0.6) is 0 Å². The molecule has 0 saturated heterocycles. The molecular weight excluding hydrogens is 1310 g/mol. The predicted molar refractivity (Wildman–Crippen MR) is 287 cm³/mol. The van der Waals surface area contributed by atoms with Gasteiger partial charge in [0.05, 0.1) is 49.9 Å².